The smallest absolute Gasteiger partial charge is 0.152 e. The van der Waals surface area contributed by atoms with Crippen molar-refractivity contribution < 1.29 is 9.84 Å². The molecule has 1 unspecified atom stereocenters. The van der Waals surface area contributed by atoms with E-state index in [-0.39, 0.29) is 6.04 Å². The average molecular weight is 358 g/mol. The zero-order valence-corrected chi connectivity index (χ0v) is 15.9. The van der Waals surface area contributed by atoms with E-state index in [1.165, 1.54) is 12.8 Å². The van der Waals surface area contributed by atoms with Crippen LogP contribution in [0.3, 0.4) is 0 Å². The molecule has 2 aromatic rings. The van der Waals surface area contributed by atoms with E-state index >= 15 is 0 Å². The highest BCUT2D eigenvalue weighted by atomic mass is 16.5. The van der Waals surface area contributed by atoms with Crippen molar-refractivity contribution in [2.75, 3.05) is 45.3 Å². The van der Waals surface area contributed by atoms with Gasteiger partial charge in [-0.1, -0.05) is 6.42 Å². The fourth-order valence-electron chi connectivity index (χ4n) is 4.34. The Hall–Kier alpha value is -1.63. The molecule has 0 aliphatic carbocycles. The number of fused-ring (bicyclic) bond motifs is 1. The standard InChI is InChI=1S/C20H30N4O2/c1-22(2)19-18-7-5-11-23(18)14-16(21-19)17-6-3-4-10-24(17)15-20(25)8-12-26-13-9-20/h5,7,11,14,17,25H,3-4,6,8-10,12-13,15H2,1-2H3. The summed E-state index contributed by atoms with van der Waals surface area (Å²) >= 11 is 0. The van der Waals surface area contributed by atoms with Crippen molar-refractivity contribution in [2.24, 2.45) is 0 Å². The molecule has 0 saturated carbocycles. The number of hydrogen-bond donors (Lipinski definition) is 1. The Labute approximate surface area is 155 Å². The number of aliphatic hydroxyl groups is 1. The predicted octanol–water partition coefficient (Wildman–Crippen LogP) is 2.47. The normalized spacial score (nSPS) is 24.0. The predicted molar refractivity (Wildman–Crippen MR) is 103 cm³/mol. The van der Waals surface area contributed by atoms with Crippen LogP contribution in [0.2, 0.25) is 0 Å². The number of ether oxygens (including phenoxy) is 1. The van der Waals surface area contributed by atoms with Crippen molar-refractivity contribution in [1.29, 1.82) is 0 Å². The van der Waals surface area contributed by atoms with Gasteiger partial charge in [0.1, 0.15) is 0 Å². The molecule has 2 aliphatic rings. The lowest BCUT2D eigenvalue weighted by molar-refractivity contribution is -0.0889. The van der Waals surface area contributed by atoms with E-state index in [0.29, 0.717) is 19.8 Å². The van der Waals surface area contributed by atoms with Crippen molar-refractivity contribution in [3.63, 3.8) is 0 Å². The SMILES string of the molecule is CN(C)c1nc(C2CCCCN2CC2(O)CCOCC2)cn2cccc12. The van der Waals surface area contributed by atoms with Gasteiger partial charge in [-0.2, -0.15) is 0 Å². The van der Waals surface area contributed by atoms with E-state index < -0.39 is 5.60 Å². The van der Waals surface area contributed by atoms with Gasteiger partial charge in [0.05, 0.1) is 22.9 Å². The zero-order chi connectivity index (χ0) is 18.1. The molecule has 2 aliphatic heterocycles. The van der Waals surface area contributed by atoms with E-state index in [0.717, 1.165) is 42.8 Å². The average Bonchev–Trinajstić information content (AvgIpc) is 3.10. The summed E-state index contributed by atoms with van der Waals surface area (Å²) in [6.45, 7) is 3.06. The Morgan fingerprint density at radius 2 is 2.12 bits per heavy atom. The molecule has 0 bridgehead atoms. The highest BCUT2D eigenvalue weighted by Gasteiger charge is 2.36. The molecule has 1 atom stereocenters. The summed E-state index contributed by atoms with van der Waals surface area (Å²) in [5.41, 5.74) is 1.60. The molecule has 0 amide bonds. The molecule has 2 saturated heterocycles. The maximum absolute atomic E-state index is 11.0. The fourth-order valence-corrected chi connectivity index (χ4v) is 4.34. The second-order valence-corrected chi connectivity index (χ2v) is 8.00. The number of piperidine rings is 1. The van der Waals surface area contributed by atoms with Gasteiger partial charge in [0.25, 0.3) is 0 Å². The van der Waals surface area contributed by atoms with Gasteiger partial charge < -0.3 is 19.1 Å². The molecule has 0 radical (unpaired) electrons. The Kier molecular flexibility index (Phi) is 4.90. The maximum Gasteiger partial charge on any atom is 0.152 e. The summed E-state index contributed by atoms with van der Waals surface area (Å²) in [7, 11) is 4.09. The second kappa shape index (κ2) is 7.18. The van der Waals surface area contributed by atoms with Gasteiger partial charge in [-0.05, 0) is 31.5 Å². The van der Waals surface area contributed by atoms with Crippen LogP contribution in [0, 0.1) is 0 Å². The van der Waals surface area contributed by atoms with Crippen LogP contribution in [-0.2, 0) is 4.74 Å². The molecular weight excluding hydrogens is 328 g/mol. The maximum atomic E-state index is 11.0. The Balaban J connectivity index is 1.64. The highest BCUT2D eigenvalue weighted by molar-refractivity contribution is 5.69. The molecule has 0 aromatic carbocycles. The van der Waals surface area contributed by atoms with Crippen LogP contribution in [0.1, 0.15) is 43.8 Å². The molecule has 142 valence electrons. The fraction of sp³-hybridized carbons (Fsp3) is 0.650. The third kappa shape index (κ3) is 3.46. The molecule has 6 heteroatoms. The van der Waals surface area contributed by atoms with Crippen LogP contribution in [-0.4, -0.2) is 65.4 Å². The first-order valence-corrected chi connectivity index (χ1v) is 9.75. The summed E-state index contributed by atoms with van der Waals surface area (Å²) in [5.74, 6) is 1.00. The van der Waals surface area contributed by atoms with Gasteiger partial charge in [0.2, 0.25) is 0 Å². The van der Waals surface area contributed by atoms with Crippen LogP contribution in [0.4, 0.5) is 5.82 Å². The number of nitrogens with zero attached hydrogens (tertiary/aromatic N) is 4. The summed E-state index contributed by atoms with van der Waals surface area (Å²) < 4.78 is 7.62. The first kappa shape index (κ1) is 17.8. The van der Waals surface area contributed by atoms with Gasteiger partial charge in [-0.15, -0.1) is 0 Å². The number of β-amino-alcohol motifs (C(OH)–C–C–N with tert-alkyl or cyclic N) is 1. The largest absolute Gasteiger partial charge is 0.388 e. The summed E-state index contributed by atoms with van der Waals surface area (Å²) in [5, 5.41) is 11.0. The van der Waals surface area contributed by atoms with E-state index in [1.54, 1.807) is 0 Å². The van der Waals surface area contributed by atoms with Crippen molar-refractivity contribution in [3.05, 3.63) is 30.2 Å². The van der Waals surface area contributed by atoms with E-state index in [4.69, 9.17) is 9.72 Å². The quantitative estimate of drug-likeness (QED) is 0.910. The first-order valence-electron chi connectivity index (χ1n) is 9.75. The van der Waals surface area contributed by atoms with Crippen molar-refractivity contribution in [1.82, 2.24) is 14.3 Å². The third-order valence-corrected chi connectivity index (χ3v) is 5.81. The molecule has 4 rings (SSSR count). The van der Waals surface area contributed by atoms with E-state index in [1.807, 2.05) is 14.1 Å². The van der Waals surface area contributed by atoms with Gasteiger partial charge in [0.15, 0.2) is 5.82 Å². The summed E-state index contributed by atoms with van der Waals surface area (Å²) in [6.07, 6.45) is 9.21. The second-order valence-electron chi connectivity index (χ2n) is 8.00. The molecule has 26 heavy (non-hydrogen) atoms. The van der Waals surface area contributed by atoms with E-state index in [2.05, 4.69) is 38.7 Å². The summed E-state index contributed by atoms with van der Waals surface area (Å²) in [6, 6.07) is 4.44. The van der Waals surface area contributed by atoms with E-state index in [9.17, 15) is 5.11 Å². The zero-order valence-electron chi connectivity index (χ0n) is 15.9. The van der Waals surface area contributed by atoms with Crippen molar-refractivity contribution >= 4 is 11.3 Å². The van der Waals surface area contributed by atoms with Gasteiger partial charge >= 0.3 is 0 Å². The Bertz CT molecular complexity index is 751. The van der Waals surface area contributed by atoms with Gasteiger partial charge in [-0.3, -0.25) is 4.90 Å². The third-order valence-electron chi connectivity index (χ3n) is 5.81. The monoisotopic (exact) mass is 358 g/mol. The van der Waals surface area contributed by atoms with Gasteiger partial charge in [0, 0.05) is 59.1 Å². The molecule has 0 spiro atoms. The number of rotatable bonds is 4. The van der Waals surface area contributed by atoms with Crippen LogP contribution in [0.15, 0.2) is 24.5 Å². The van der Waals surface area contributed by atoms with Crippen molar-refractivity contribution in [3.8, 4) is 0 Å². The number of likely N-dealkylation sites (tertiary alicyclic amines) is 1. The van der Waals surface area contributed by atoms with Crippen LogP contribution in [0.5, 0.6) is 0 Å². The molecule has 2 aromatic heterocycles. The summed E-state index contributed by atoms with van der Waals surface area (Å²) in [4.78, 5) is 9.55. The van der Waals surface area contributed by atoms with Crippen molar-refractivity contribution in [2.45, 2.75) is 43.7 Å². The lowest BCUT2D eigenvalue weighted by Crippen LogP contribution is -2.49. The Morgan fingerprint density at radius 3 is 2.88 bits per heavy atom. The topological polar surface area (TPSA) is 53.2 Å². The number of anilines is 1. The van der Waals surface area contributed by atoms with Crippen LogP contribution in [0.25, 0.3) is 5.52 Å². The molecule has 6 nitrogen and oxygen atoms in total. The van der Waals surface area contributed by atoms with Gasteiger partial charge in [-0.25, -0.2) is 4.98 Å². The minimum Gasteiger partial charge on any atom is -0.388 e. The Morgan fingerprint density at radius 1 is 1.31 bits per heavy atom. The minimum absolute atomic E-state index is 0.265. The lowest BCUT2D eigenvalue weighted by Gasteiger charge is -2.42. The lowest BCUT2D eigenvalue weighted by atomic mass is 9.90. The number of aromatic nitrogens is 2. The van der Waals surface area contributed by atoms with Crippen LogP contribution >= 0.6 is 0 Å². The molecule has 4 heterocycles. The first-order chi connectivity index (χ1) is 12.6. The molecular formula is C20H30N4O2. The van der Waals surface area contributed by atoms with Crippen LogP contribution < -0.4 is 4.90 Å². The molecule has 1 N–H and O–H groups in total. The number of hydrogen-bond acceptors (Lipinski definition) is 5. The molecule has 2 fully saturated rings. The minimum atomic E-state index is -0.629. The highest BCUT2D eigenvalue weighted by Crippen LogP contribution is 2.34.